The highest BCUT2D eigenvalue weighted by Crippen LogP contribution is 2.47. The predicted molar refractivity (Wildman–Crippen MR) is 61.7 cm³/mol. The Labute approximate surface area is 90.8 Å². The number of rotatable bonds is 3. The molecule has 74 valence electrons. The van der Waals surface area contributed by atoms with E-state index in [9.17, 15) is 8.96 Å². The largest absolute Gasteiger partial charge is 0.310 e. The van der Waals surface area contributed by atoms with E-state index in [0.717, 1.165) is 0 Å². The normalized spacial score (nSPS) is 11.0. The molecule has 1 nitrogen and oxygen atoms in total. The fraction of sp³-hybridized carbons (Fsp3) is 0. The Hall–Kier alpha value is -0.660. The molecule has 0 spiro atoms. The monoisotopic (exact) mass is 274 g/mol. The lowest BCUT2D eigenvalue weighted by atomic mass is 10.3. The van der Waals surface area contributed by atoms with Gasteiger partial charge in [0.25, 0.3) is 0 Å². The van der Waals surface area contributed by atoms with Crippen LogP contribution < -0.4 is 5.30 Å². The standard InChI is InChI=1S/C10H9BrFOP/c1-3-14(13,4-2)10-6-5-8(11)7-9(10)12/h3-7H,1-2H2. The van der Waals surface area contributed by atoms with Crippen LogP contribution in [0.3, 0.4) is 0 Å². The molecule has 0 aliphatic rings. The van der Waals surface area contributed by atoms with Gasteiger partial charge in [0.2, 0.25) is 0 Å². The molecule has 0 unspecified atom stereocenters. The molecule has 0 N–H and O–H groups in total. The van der Waals surface area contributed by atoms with Gasteiger partial charge in [0, 0.05) is 4.47 Å². The minimum Gasteiger partial charge on any atom is -0.310 e. The van der Waals surface area contributed by atoms with Crippen LogP contribution in [0.1, 0.15) is 0 Å². The van der Waals surface area contributed by atoms with E-state index in [1.54, 1.807) is 6.07 Å². The van der Waals surface area contributed by atoms with Crippen LogP contribution in [0.25, 0.3) is 0 Å². The van der Waals surface area contributed by atoms with Crippen LogP contribution in [0.2, 0.25) is 0 Å². The third kappa shape index (κ3) is 2.05. The topological polar surface area (TPSA) is 17.1 Å². The zero-order valence-corrected chi connectivity index (χ0v) is 9.89. The second-order valence-electron chi connectivity index (χ2n) is 2.67. The van der Waals surface area contributed by atoms with Gasteiger partial charge in [-0.1, -0.05) is 29.1 Å². The molecule has 0 fully saturated rings. The van der Waals surface area contributed by atoms with E-state index in [1.165, 1.54) is 23.8 Å². The summed E-state index contributed by atoms with van der Waals surface area (Å²) in [6.07, 6.45) is 0. The molecule has 14 heavy (non-hydrogen) atoms. The Morgan fingerprint density at radius 1 is 1.36 bits per heavy atom. The highest BCUT2D eigenvalue weighted by molar-refractivity contribution is 9.10. The van der Waals surface area contributed by atoms with Crippen molar-refractivity contribution < 1.29 is 8.96 Å². The Morgan fingerprint density at radius 2 is 1.93 bits per heavy atom. The van der Waals surface area contributed by atoms with Crippen LogP contribution in [0, 0.1) is 5.82 Å². The highest BCUT2D eigenvalue weighted by Gasteiger charge is 2.20. The zero-order valence-electron chi connectivity index (χ0n) is 7.41. The van der Waals surface area contributed by atoms with Crippen LogP contribution in [0.5, 0.6) is 0 Å². The Balaban J connectivity index is 3.39. The van der Waals surface area contributed by atoms with E-state index in [2.05, 4.69) is 29.1 Å². The first-order valence-corrected chi connectivity index (χ1v) is 6.49. The fourth-order valence-corrected chi connectivity index (χ4v) is 2.62. The van der Waals surface area contributed by atoms with Crippen LogP contribution in [0.15, 0.2) is 47.5 Å². The van der Waals surface area contributed by atoms with E-state index < -0.39 is 13.0 Å². The molecule has 1 rings (SSSR count). The Morgan fingerprint density at radius 3 is 2.36 bits per heavy atom. The van der Waals surface area contributed by atoms with Crippen molar-refractivity contribution in [2.45, 2.75) is 0 Å². The molecule has 1 aromatic rings. The number of benzene rings is 1. The maximum Gasteiger partial charge on any atom is 0.158 e. The van der Waals surface area contributed by atoms with Crippen LogP contribution in [0.4, 0.5) is 4.39 Å². The van der Waals surface area contributed by atoms with Crippen molar-refractivity contribution in [2.24, 2.45) is 0 Å². The Bertz CT molecular complexity index is 416. The predicted octanol–water partition coefficient (Wildman–Crippen LogP) is 3.86. The lowest BCUT2D eigenvalue weighted by Gasteiger charge is -2.09. The minimum absolute atomic E-state index is 0.144. The van der Waals surface area contributed by atoms with Gasteiger partial charge in [-0.2, -0.15) is 0 Å². The van der Waals surface area contributed by atoms with E-state index in [1.807, 2.05) is 0 Å². The second kappa shape index (κ2) is 4.24. The SMILES string of the molecule is C=CP(=O)(C=C)c1ccc(Br)cc1F. The van der Waals surface area contributed by atoms with Crippen molar-refractivity contribution in [1.82, 2.24) is 0 Å². The summed E-state index contributed by atoms with van der Waals surface area (Å²) < 4.78 is 26.0. The van der Waals surface area contributed by atoms with Crippen molar-refractivity contribution in [3.05, 3.63) is 53.3 Å². The van der Waals surface area contributed by atoms with Gasteiger partial charge in [0.15, 0.2) is 7.14 Å². The molecule has 0 radical (unpaired) electrons. The average Bonchev–Trinajstić information content (AvgIpc) is 2.17. The van der Waals surface area contributed by atoms with Crippen LogP contribution >= 0.6 is 23.1 Å². The summed E-state index contributed by atoms with van der Waals surface area (Å²) in [6.45, 7) is 6.86. The summed E-state index contributed by atoms with van der Waals surface area (Å²) in [6, 6.07) is 4.39. The van der Waals surface area contributed by atoms with Crippen molar-refractivity contribution in [3.8, 4) is 0 Å². The fourth-order valence-electron chi connectivity index (χ4n) is 1.04. The number of hydrogen-bond acceptors (Lipinski definition) is 1. The summed E-state index contributed by atoms with van der Waals surface area (Å²) in [7, 11) is -2.96. The quantitative estimate of drug-likeness (QED) is 0.765. The van der Waals surface area contributed by atoms with E-state index in [-0.39, 0.29) is 5.30 Å². The molecule has 0 saturated heterocycles. The maximum atomic E-state index is 13.4. The first-order valence-electron chi connectivity index (χ1n) is 3.86. The summed E-state index contributed by atoms with van der Waals surface area (Å²) >= 11 is 3.13. The van der Waals surface area contributed by atoms with Gasteiger partial charge < -0.3 is 4.57 Å². The van der Waals surface area contributed by atoms with Gasteiger partial charge in [-0.25, -0.2) is 4.39 Å². The maximum absolute atomic E-state index is 13.4. The summed E-state index contributed by atoms with van der Waals surface area (Å²) in [5.41, 5.74) is 0. The van der Waals surface area contributed by atoms with Crippen molar-refractivity contribution >= 4 is 28.4 Å². The molecule has 0 amide bonds. The molecular formula is C10H9BrFOP. The van der Waals surface area contributed by atoms with Gasteiger partial charge in [-0.15, -0.1) is 0 Å². The highest BCUT2D eigenvalue weighted by atomic mass is 79.9. The van der Waals surface area contributed by atoms with E-state index in [4.69, 9.17) is 0 Å². The number of halogens is 2. The van der Waals surface area contributed by atoms with Crippen molar-refractivity contribution in [2.75, 3.05) is 0 Å². The van der Waals surface area contributed by atoms with Gasteiger partial charge in [0.1, 0.15) is 5.82 Å². The van der Waals surface area contributed by atoms with Crippen LogP contribution in [-0.2, 0) is 4.57 Å². The third-order valence-corrected chi connectivity index (χ3v) is 4.52. The summed E-state index contributed by atoms with van der Waals surface area (Å²) in [4.78, 5) is 0. The minimum atomic E-state index is -2.96. The molecule has 0 saturated carbocycles. The third-order valence-electron chi connectivity index (χ3n) is 1.83. The Kier molecular flexibility index (Phi) is 3.46. The summed E-state index contributed by atoms with van der Waals surface area (Å²) in [5, 5.41) is 0.144. The molecule has 0 aromatic heterocycles. The van der Waals surface area contributed by atoms with Crippen molar-refractivity contribution in [3.63, 3.8) is 0 Å². The molecule has 0 aliphatic carbocycles. The lowest BCUT2D eigenvalue weighted by molar-refractivity contribution is 0.588. The zero-order chi connectivity index (χ0) is 10.8. The van der Waals surface area contributed by atoms with E-state index >= 15 is 0 Å². The smallest absolute Gasteiger partial charge is 0.158 e. The van der Waals surface area contributed by atoms with Gasteiger partial charge >= 0.3 is 0 Å². The van der Waals surface area contributed by atoms with Crippen molar-refractivity contribution in [1.29, 1.82) is 0 Å². The molecule has 4 heteroatoms. The first-order chi connectivity index (χ1) is 6.53. The second-order valence-corrected chi connectivity index (χ2v) is 6.22. The van der Waals surface area contributed by atoms with Crippen LogP contribution in [-0.4, -0.2) is 0 Å². The molecular weight excluding hydrogens is 266 g/mol. The van der Waals surface area contributed by atoms with Gasteiger partial charge in [-0.05, 0) is 29.8 Å². The number of hydrogen-bond donors (Lipinski definition) is 0. The van der Waals surface area contributed by atoms with E-state index in [0.29, 0.717) is 4.47 Å². The first kappa shape index (κ1) is 11.4. The molecule has 0 atom stereocenters. The van der Waals surface area contributed by atoms with Gasteiger partial charge in [-0.3, -0.25) is 0 Å². The molecule has 0 heterocycles. The van der Waals surface area contributed by atoms with Gasteiger partial charge in [0.05, 0.1) is 5.30 Å². The summed E-state index contributed by atoms with van der Waals surface area (Å²) in [5.74, 6) is 1.97. The molecule has 0 aliphatic heterocycles. The molecule has 0 bridgehead atoms. The average molecular weight is 275 g/mol. The molecule has 1 aromatic carbocycles. The lowest BCUT2D eigenvalue weighted by Crippen LogP contribution is -2.06.